The molecule has 2 aromatic carbocycles. The number of aromatic nitrogens is 6. The number of rotatable bonds is 11. The van der Waals surface area contributed by atoms with E-state index < -0.39 is 17.7 Å². The second-order valence-corrected chi connectivity index (χ2v) is 11.0. The van der Waals surface area contributed by atoms with E-state index in [-0.39, 0.29) is 64.6 Å². The molecular formula is C32H29N9O8. The van der Waals surface area contributed by atoms with Gasteiger partial charge in [-0.25, -0.2) is 9.97 Å². The van der Waals surface area contributed by atoms with E-state index in [1.54, 1.807) is 42.7 Å². The zero-order chi connectivity index (χ0) is 35.0. The van der Waals surface area contributed by atoms with Crippen molar-refractivity contribution >= 4 is 57.5 Å². The zero-order valence-corrected chi connectivity index (χ0v) is 26.6. The first-order valence-corrected chi connectivity index (χ1v) is 14.7. The Hall–Kier alpha value is -6.78. The molecule has 250 valence electrons. The molecule has 0 saturated carbocycles. The SMILES string of the molecule is COc1cc(C(C)=O)cc2nc(NC(=O)c3cc(C)no3)n(C/C=C/Cn3c(NC(=O)c4cc(C)no4)nc4cc(C(N)=O)cc(O)c43)c12. The number of hydrogen-bond acceptors (Lipinski definition) is 12. The van der Waals surface area contributed by atoms with Crippen LogP contribution in [-0.2, 0) is 13.1 Å². The Kier molecular flexibility index (Phi) is 8.39. The summed E-state index contributed by atoms with van der Waals surface area (Å²) in [5.41, 5.74) is 8.16. The van der Waals surface area contributed by atoms with Crippen molar-refractivity contribution in [3.63, 3.8) is 0 Å². The fourth-order valence-corrected chi connectivity index (χ4v) is 5.15. The molecule has 0 fully saturated rings. The monoisotopic (exact) mass is 667 g/mol. The number of carbonyl (C=O) groups is 4. The number of ether oxygens (including phenoxy) is 1. The normalized spacial score (nSPS) is 11.4. The summed E-state index contributed by atoms with van der Waals surface area (Å²) < 4.78 is 19.0. The van der Waals surface area contributed by atoms with Crippen molar-refractivity contribution in [2.45, 2.75) is 33.9 Å². The number of methoxy groups -OCH3 is 1. The molecule has 5 N–H and O–H groups in total. The number of aromatic hydroxyl groups is 1. The molecule has 3 amide bonds. The van der Waals surface area contributed by atoms with Crippen LogP contribution in [0.1, 0.15) is 60.1 Å². The van der Waals surface area contributed by atoms with Crippen molar-refractivity contribution in [1.82, 2.24) is 29.4 Å². The third-order valence-electron chi connectivity index (χ3n) is 7.44. The summed E-state index contributed by atoms with van der Waals surface area (Å²) in [4.78, 5) is 59.0. The number of ketones is 1. The first-order chi connectivity index (χ1) is 23.4. The largest absolute Gasteiger partial charge is 0.506 e. The third-order valence-corrected chi connectivity index (χ3v) is 7.44. The molecule has 49 heavy (non-hydrogen) atoms. The number of aryl methyl sites for hydroxylation is 2. The van der Waals surface area contributed by atoms with Gasteiger partial charge in [-0.05, 0) is 45.0 Å². The number of nitrogens with zero attached hydrogens (tertiary/aromatic N) is 6. The van der Waals surface area contributed by atoms with E-state index in [9.17, 15) is 24.3 Å². The minimum absolute atomic E-state index is 0.0237. The number of primary amides is 1. The molecule has 0 unspecified atom stereocenters. The number of allylic oxidation sites excluding steroid dienone is 2. The zero-order valence-electron chi connectivity index (χ0n) is 26.6. The smallest absolute Gasteiger partial charge is 0.296 e. The maximum atomic E-state index is 13.0. The molecule has 0 aliphatic rings. The van der Waals surface area contributed by atoms with Crippen molar-refractivity contribution in [3.8, 4) is 11.5 Å². The van der Waals surface area contributed by atoms with E-state index in [0.717, 1.165) is 0 Å². The first-order valence-electron chi connectivity index (χ1n) is 14.7. The summed E-state index contributed by atoms with van der Waals surface area (Å²) in [6.45, 7) is 4.98. The molecule has 6 aromatic rings. The van der Waals surface area contributed by atoms with Gasteiger partial charge < -0.3 is 33.8 Å². The number of nitrogens with two attached hydrogens (primary N) is 1. The number of phenolic OH excluding ortho intramolecular Hbond substituents is 1. The predicted molar refractivity (Wildman–Crippen MR) is 174 cm³/mol. The van der Waals surface area contributed by atoms with Crippen LogP contribution in [0.5, 0.6) is 11.5 Å². The molecule has 17 heteroatoms. The molecule has 4 aromatic heterocycles. The number of benzene rings is 2. The fourth-order valence-electron chi connectivity index (χ4n) is 5.15. The molecule has 0 aliphatic carbocycles. The Morgan fingerprint density at radius 2 is 1.33 bits per heavy atom. The van der Waals surface area contributed by atoms with Gasteiger partial charge in [0.05, 0.1) is 29.5 Å². The van der Waals surface area contributed by atoms with E-state index in [0.29, 0.717) is 33.7 Å². The molecule has 6 rings (SSSR count). The van der Waals surface area contributed by atoms with Gasteiger partial charge in [-0.15, -0.1) is 0 Å². The van der Waals surface area contributed by atoms with E-state index in [4.69, 9.17) is 19.5 Å². The van der Waals surface area contributed by atoms with Crippen LogP contribution in [0, 0.1) is 13.8 Å². The van der Waals surface area contributed by atoms with Crippen LogP contribution in [0.4, 0.5) is 11.9 Å². The van der Waals surface area contributed by atoms with Crippen LogP contribution in [-0.4, -0.2) is 65.1 Å². The van der Waals surface area contributed by atoms with Crippen molar-refractivity contribution < 1.29 is 38.1 Å². The highest BCUT2D eigenvalue weighted by Crippen LogP contribution is 2.32. The molecule has 0 saturated heterocycles. The second-order valence-electron chi connectivity index (χ2n) is 11.0. The van der Waals surface area contributed by atoms with Crippen molar-refractivity contribution in [2.24, 2.45) is 5.73 Å². The molecule has 0 bridgehead atoms. The van der Waals surface area contributed by atoms with Gasteiger partial charge in [-0.2, -0.15) is 0 Å². The quantitative estimate of drug-likeness (QED) is 0.114. The lowest BCUT2D eigenvalue weighted by atomic mass is 10.1. The average molecular weight is 668 g/mol. The van der Waals surface area contributed by atoms with Crippen LogP contribution in [0.25, 0.3) is 22.1 Å². The van der Waals surface area contributed by atoms with Crippen molar-refractivity contribution in [2.75, 3.05) is 17.7 Å². The van der Waals surface area contributed by atoms with Crippen LogP contribution in [0.3, 0.4) is 0 Å². The van der Waals surface area contributed by atoms with Gasteiger partial charge in [0.25, 0.3) is 11.8 Å². The number of fused-ring (bicyclic) bond motifs is 2. The van der Waals surface area contributed by atoms with Gasteiger partial charge in [-0.3, -0.25) is 29.8 Å². The van der Waals surface area contributed by atoms with Gasteiger partial charge >= 0.3 is 0 Å². The summed E-state index contributed by atoms with van der Waals surface area (Å²) in [6, 6.07) is 8.73. The molecule has 0 aliphatic heterocycles. The predicted octanol–water partition coefficient (Wildman–Crippen LogP) is 3.76. The second kappa shape index (κ2) is 12.8. The van der Waals surface area contributed by atoms with Gasteiger partial charge in [0.1, 0.15) is 22.5 Å². The Morgan fingerprint density at radius 3 is 1.80 bits per heavy atom. The maximum Gasteiger partial charge on any atom is 0.296 e. The standard InChI is InChI=1S/C32H29N9O8/c1-15-9-24(48-38-15)29(45)36-31-34-20-12-19(28(33)44)13-22(43)26(20)40(31)7-5-6-8-41-27-21(11-18(17(3)42)14-23(27)47-4)35-32(41)37-30(46)25-10-16(2)39-49-25/h5-6,9-14,43H,7-8H2,1-4H3,(H2,33,44)(H,34,36,45)(H,35,37,46)/b6-5+. The highest BCUT2D eigenvalue weighted by molar-refractivity contribution is 6.05. The first kappa shape index (κ1) is 32.2. The Bertz CT molecular complexity index is 2330. The highest BCUT2D eigenvalue weighted by Gasteiger charge is 2.22. The lowest BCUT2D eigenvalue weighted by Gasteiger charge is -2.11. The molecule has 0 radical (unpaired) electrons. The van der Waals surface area contributed by atoms with E-state index in [1.165, 1.54) is 42.9 Å². The topological polar surface area (TPSA) is 236 Å². The molecule has 0 atom stereocenters. The van der Waals surface area contributed by atoms with E-state index in [2.05, 4.69) is 30.9 Å². The minimum Gasteiger partial charge on any atom is -0.506 e. The molecule has 17 nitrogen and oxygen atoms in total. The van der Waals surface area contributed by atoms with E-state index >= 15 is 0 Å². The molecular weight excluding hydrogens is 638 g/mol. The number of carbonyl (C=O) groups excluding carboxylic acids is 4. The number of amides is 3. The summed E-state index contributed by atoms with van der Waals surface area (Å²) in [6.07, 6.45) is 3.48. The third kappa shape index (κ3) is 6.31. The number of phenols is 1. The molecule has 4 heterocycles. The van der Waals surface area contributed by atoms with Crippen LogP contribution in [0.2, 0.25) is 0 Å². The van der Waals surface area contributed by atoms with Gasteiger partial charge in [-0.1, -0.05) is 22.5 Å². The highest BCUT2D eigenvalue weighted by atomic mass is 16.5. The fraction of sp³-hybridized carbons (Fsp3) is 0.188. The maximum absolute atomic E-state index is 13.0. The average Bonchev–Trinajstić information content (AvgIpc) is 3.84. The van der Waals surface area contributed by atoms with Crippen LogP contribution in [0.15, 0.2) is 57.6 Å². The number of hydrogen-bond donors (Lipinski definition) is 4. The van der Waals surface area contributed by atoms with Gasteiger partial charge in [0, 0.05) is 36.3 Å². The van der Waals surface area contributed by atoms with E-state index in [1.807, 2.05) is 0 Å². The summed E-state index contributed by atoms with van der Waals surface area (Å²) in [7, 11) is 1.46. The number of anilines is 2. The molecule has 0 spiro atoms. The van der Waals surface area contributed by atoms with Crippen LogP contribution >= 0.6 is 0 Å². The van der Waals surface area contributed by atoms with Crippen LogP contribution < -0.4 is 21.1 Å². The van der Waals surface area contributed by atoms with Crippen molar-refractivity contribution in [3.05, 3.63) is 82.6 Å². The Morgan fingerprint density at radius 1 is 0.816 bits per heavy atom. The number of nitrogens with one attached hydrogen (secondary N) is 2. The van der Waals surface area contributed by atoms with Crippen molar-refractivity contribution in [1.29, 1.82) is 0 Å². The summed E-state index contributed by atoms with van der Waals surface area (Å²) >= 11 is 0. The Labute approximate surface area is 276 Å². The van der Waals surface area contributed by atoms with Gasteiger partial charge in [0.2, 0.25) is 29.3 Å². The minimum atomic E-state index is -0.769. The lowest BCUT2D eigenvalue weighted by molar-refractivity contribution is 0.0979. The number of Topliss-reactive ketones (excluding diaryl/α,β-unsaturated/α-hetero) is 1. The number of imidazole rings is 2. The summed E-state index contributed by atoms with van der Waals surface area (Å²) in [5.74, 6) is -2.04. The lowest BCUT2D eigenvalue weighted by Crippen LogP contribution is -2.16. The summed E-state index contributed by atoms with van der Waals surface area (Å²) in [5, 5.41) is 23.8. The Balaban J connectivity index is 1.36. The van der Waals surface area contributed by atoms with Gasteiger partial charge in [0.15, 0.2) is 5.78 Å².